The largest absolute Gasteiger partial charge is 0.619 e. The van der Waals surface area contributed by atoms with Crippen molar-refractivity contribution in [2.24, 2.45) is 0 Å². The van der Waals surface area contributed by atoms with Crippen LogP contribution < -0.4 is 10.0 Å². The van der Waals surface area contributed by atoms with Gasteiger partial charge in [0.25, 0.3) is 0 Å². The molecule has 1 unspecified atom stereocenters. The van der Waals surface area contributed by atoms with Crippen molar-refractivity contribution in [1.82, 2.24) is 5.32 Å². The Hall–Kier alpha value is -2.57. The molecule has 1 amide bonds. The predicted octanol–water partition coefficient (Wildman–Crippen LogP) is 0.228. The molecule has 102 valence electrons. The molecule has 0 fully saturated rings. The highest BCUT2D eigenvalue weighted by atomic mass is 16.5. The monoisotopic (exact) mass is 266 g/mol. The lowest BCUT2D eigenvalue weighted by atomic mass is 10.1. The van der Waals surface area contributed by atoms with E-state index in [-0.39, 0.29) is 13.0 Å². The minimum atomic E-state index is -1.21. The van der Waals surface area contributed by atoms with Crippen molar-refractivity contribution in [3.05, 3.63) is 48.0 Å². The Labute approximate surface area is 109 Å². The normalized spacial score (nSPS) is 11.4. The zero-order valence-electron chi connectivity index (χ0n) is 10.1. The molecule has 0 aliphatic rings. The van der Waals surface area contributed by atoms with Gasteiger partial charge in [0.05, 0.1) is 0 Å². The van der Waals surface area contributed by atoms with Crippen molar-refractivity contribution in [3.8, 4) is 0 Å². The molecular weight excluding hydrogens is 252 g/mol. The Morgan fingerprint density at radius 1 is 1.63 bits per heavy atom. The van der Waals surface area contributed by atoms with Crippen molar-refractivity contribution in [2.75, 3.05) is 6.61 Å². The number of ether oxygens (including phenoxy) is 1. The first kappa shape index (κ1) is 14.5. The summed E-state index contributed by atoms with van der Waals surface area (Å²) in [5.41, 5.74) is 0.494. The van der Waals surface area contributed by atoms with E-state index in [0.29, 0.717) is 10.3 Å². The van der Waals surface area contributed by atoms with Crippen molar-refractivity contribution < 1.29 is 24.2 Å². The van der Waals surface area contributed by atoms with Crippen molar-refractivity contribution in [2.45, 2.75) is 12.5 Å². The van der Waals surface area contributed by atoms with Crippen LogP contribution in [0.1, 0.15) is 5.56 Å². The first-order chi connectivity index (χ1) is 9.02. The van der Waals surface area contributed by atoms with Gasteiger partial charge in [0, 0.05) is 18.1 Å². The number of carbonyl (C=O) groups is 2. The molecule has 1 atom stereocenters. The molecule has 1 aromatic rings. The van der Waals surface area contributed by atoms with Gasteiger partial charge in [0.1, 0.15) is 12.6 Å². The summed E-state index contributed by atoms with van der Waals surface area (Å²) >= 11 is 0. The summed E-state index contributed by atoms with van der Waals surface area (Å²) < 4.78 is 5.19. The number of carboxylic acid groups (broad SMARTS) is 1. The summed E-state index contributed by atoms with van der Waals surface area (Å²) in [6.45, 7) is 3.36. The van der Waals surface area contributed by atoms with Crippen LogP contribution in [0.4, 0.5) is 4.79 Å². The van der Waals surface area contributed by atoms with Gasteiger partial charge in [-0.25, -0.2) is 9.59 Å². The number of hydrogen-bond acceptors (Lipinski definition) is 4. The number of rotatable bonds is 6. The summed E-state index contributed by atoms with van der Waals surface area (Å²) in [6, 6.07) is 1.93. The van der Waals surface area contributed by atoms with Gasteiger partial charge in [-0.05, 0) is 6.07 Å². The van der Waals surface area contributed by atoms with E-state index >= 15 is 0 Å². The minimum Gasteiger partial charge on any atom is -0.619 e. The topological polar surface area (TPSA) is 103 Å². The molecule has 1 aromatic heterocycles. The number of carbonyl (C=O) groups excluding carboxylic acids is 1. The average molecular weight is 266 g/mol. The van der Waals surface area contributed by atoms with E-state index in [9.17, 15) is 14.8 Å². The molecule has 0 aromatic carbocycles. The zero-order chi connectivity index (χ0) is 14.3. The molecule has 0 saturated heterocycles. The molecule has 0 aliphatic heterocycles. The summed E-state index contributed by atoms with van der Waals surface area (Å²) in [6.07, 6.45) is 3.03. The Morgan fingerprint density at radius 3 is 2.95 bits per heavy atom. The van der Waals surface area contributed by atoms with E-state index in [1.54, 1.807) is 6.07 Å². The fourth-order valence-corrected chi connectivity index (χ4v) is 1.38. The Morgan fingerprint density at radius 2 is 2.37 bits per heavy atom. The second-order valence-electron chi connectivity index (χ2n) is 3.70. The van der Waals surface area contributed by atoms with Gasteiger partial charge in [0.15, 0.2) is 12.4 Å². The lowest BCUT2D eigenvalue weighted by Crippen LogP contribution is -2.43. The highest BCUT2D eigenvalue weighted by molar-refractivity contribution is 5.80. The molecule has 0 saturated carbocycles. The number of nitrogens with one attached hydrogen (secondary N) is 1. The Kier molecular flexibility index (Phi) is 5.34. The lowest BCUT2D eigenvalue weighted by molar-refractivity contribution is -0.605. The molecule has 7 nitrogen and oxygen atoms in total. The van der Waals surface area contributed by atoms with Gasteiger partial charge in [-0.2, -0.15) is 4.73 Å². The van der Waals surface area contributed by atoms with Gasteiger partial charge in [-0.15, -0.1) is 0 Å². The molecule has 0 aliphatic carbocycles. The number of pyridine rings is 1. The quantitative estimate of drug-likeness (QED) is 0.436. The van der Waals surface area contributed by atoms with Crippen LogP contribution in [0.25, 0.3) is 0 Å². The molecule has 1 rings (SSSR count). The van der Waals surface area contributed by atoms with Gasteiger partial charge in [-0.3, -0.25) is 0 Å². The molecule has 19 heavy (non-hydrogen) atoms. The highest BCUT2D eigenvalue weighted by Crippen LogP contribution is 2.01. The maximum Gasteiger partial charge on any atom is 0.408 e. The third-order valence-corrected chi connectivity index (χ3v) is 2.20. The van der Waals surface area contributed by atoms with Crippen LogP contribution in [0.2, 0.25) is 0 Å². The third-order valence-electron chi connectivity index (χ3n) is 2.20. The van der Waals surface area contributed by atoms with Crippen LogP contribution in [-0.4, -0.2) is 29.8 Å². The molecule has 0 spiro atoms. The Bertz CT molecular complexity index is 475. The number of alkyl carbamates (subject to hydrolysis) is 1. The summed E-state index contributed by atoms with van der Waals surface area (Å²) in [4.78, 5) is 22.3. The van der Waals surface area contributed by atoms with Crippen LogP contribution >= 0.6 is 0 Å². The molecular formula is C12H14N2O5. The fourth-order valence-electron chi connectivity index (χ4n) is 1.38. The summed E-state index contributed by atoms with van der Waals surface area (Å²) in [5.74, 6) is -1.21. The van der Waals surface area contributed by atoms with E-state index in [4.69, 9.17) is 5.11 Å². The number of carboxylic acids is 1. The third kappa shape index (κ3) is 5.07. The highest BCUT2D eigenvalue weighted by Gasteiger charge is 2.21. The van der Waals surface area contributed by atoms with Crippen LogP contribution in [0, 0.1) is 5.21 Å². The predicted molar refractivity (Wildman–Crippen MR) is 65.2 cm³/mol. The maximum absolute atomic E-state index is 11.3. The fraction of sp³-hybridized carbons (Fsp3) is 0.250. The van der Waals surface area contributed by atoms with E-state index in [2.05, 4.69) is 16.6 Å². The number of hydrogen-bond donors (Lipinski definition) is 2. The van der Waals surface area contributed by atoms with Crippen LogP contribution in [-0.2, 0) is 16.0 Å². The summed E-state index contributed by atoms with van der Waals surface area (Å²) in [7, 11) is 0. The zero-order valence-corrected chi connectivity index (χ0v) is 10.1. The van der Waals surface area contributed by atoms with Gasteiger partial charge < -0.3 is 20.4 Å². The van der Waals surface area contributed by atoms with Gasteiger partial charge in [-0.1, -0.05) is 12.7 Å². The minimum absolute atomic E-state index is 0.00985. The van der Waals surface area contributed by atoms with Crippen molar-refractivity contribution in [3.63, 3.8) is 0 Å². The number of aliphatic carboxylic acids is 1. The maximum atomic E-state index is 11.3. The summed E-state index contributed by atoms with van der Waals surface area (Å²) in [5, 5.41) is 22.3. The van der Waals surface area contributed by atoms with Crippen molar-refractivity contribution in [1.29, 1.82) is 0 Å². The second-order valence-corrected chi connectivity index (χ2v) is 3.70. The van der Waals surface area contributed by atoms with E-state index in [1.807, 2.05) is 0 Å². The molecule has 0 bridgehead atoms. The SMILES string of the molecule is C=CCOC(=O)NC(Cc1ccc[n+]([O-])c1)C(=O)O. The molecule has 2 N–H and O–H groups in total. The van der Waals surface area contributed by atoms with E-state index in [0.717, 1.165) is 0 Å². The number of amides is 1. The van der Waals surface area contributed by atoms with Crippen LogP contribution in [0.5, 0.6) is 0 Å². The lowest BCUT2D eigenvalue weighted by Gasteiger charge is -2.13. The standard InChI is InChI=1S/C12H14N2O5/c1-2-6-19-12(17)13-10(11(15)16)7-9-4-3-5-14(18)8-9/h2-5,8,10H,1,6-7H2,(H,13,17)(H,15,16). The van der Waals surface area contributed by atoms with E-state index < -0.39 is 18.1 Å². The smallest absolute Gasteiger partial charge is 0.408 e. The van der Waals surface area contributed by atoms with Crippen LogP contribution in [0.15, 0.2) is 37.2 Å². The molecule has 7 heteroatoms. The van der Waals surface area contributed by atoms with Crippen molar-refractivity contribution >= 4 is 12.1 Å². The number of nitrogens with zero attached hydrogens (tertiary/aromatic N) is 1. The molecule has 1 heterocycles. The van der Waals surface area contributed by atoms with Crippen LogP contribution in [0.3, 0.4) is 0 Å². The average Bonchev–Trinajstić information content (AvgIpc) is 2.35. The number of aromatic nitrogens is 1. The first-order valence-corrected chi connectivity index (χ1v) is 5.47. The van der Waals surface area contributed by atoms with Gasteiger partial charge in [0.2, 0.25) is 0 Å². The molecule has 0 radical (unpaired) electrons. The first-order valence-electron chi connectivity index (χ1n) is 5.47. The van der Waals surface area contributed by atoms with Gasteiger partial charge >= 0.3 is 12.1 Å². The van der Waals surface area contributed by atoms with E-state index in [1.165, 1.54) is 24.5 Å². The Balaban J connectivity index is 2.65. The second kappa shape index (κ2) is 7.00.